The van der Waals surface area contributed by atoms with Gasteiger partial charge in [-0.2, -0.15) is 0 Å². The van der Waals surface area contributed by atoms with E-state index < -0.39 is 11.2 Å². The molecule has 28 heavy (non-hydrogen) atoms. The van der Waals surface area contributed by atoms with Gasteiger partial charge >= 0.3 is 5.69 Å². The molecule has 0 radical (unpaired) electrons. The van der Waals surface area contributed by atoms with Gasteiger partial charge in [-0.3, -0.25) is 14.3 Å². The van der Waals surface area contributed by atoms with Crippen molar-refractivity contribution in [2.45, 2.75) is 45.7 Å². The number of quaternary nitrogens is 1. The fourth-order valence-electron chi connectivity index (χ4n) is 4.46. The van der Waals surface area contributed by atoms with E-state index in [-0.39, 0.29) is 17.5 Å². The Labute approximate surface area is 162 Å². The molecule has 7 nitrogen and oxygen atoms in total. The van der Waals surface area contributed by atoms with E-state index >= 15 is 0 Å². The summed E-state index contributed by atoms with van der Waals surface area (Å²) in [6.45, 7) is 6.16. The number of benzene rings is 1. The number of likely N-dealkylation sites (N-methyl/N-ethyl adjacent to an activating group) is 1. The molecule has 2 atom stereocenters. The third-order valence-corrected chi connectivity index (χ3v) is 5.92. The highest BCUT2D eigenvalue weighted by Crippen LogP contribution is 2.32. The van der Waals surface area contributed by atoms with Crippen LogP contribution in [0, 0.1) is 0 Å². The molecule has 0 fully saturated rings. The van der Waals surface area contributed by atoms with Crippen molar-refractivity contribution in [1.29, 1.82) is 0 Å². The summed E-state index contributed by atoms with van der Waals surface area (Å²) >= 11 is 0. The zero-order chi connectivity index (χ0) is 19.8. The number of hydrogen-bond acceptors (Lipinski definition) is 3. The molecule has 0 saturated heterocycles. The SMILES string of the molecule is CCCCn1c(O)c([C@@H]2c3[nH]c4ccccc4c3CC[NH+]2CC)c(=O)[nH]c1=O. The normalized spacial score (nSPS) is 19.1. The van der Waals surface area contributed by atoms with Crippen molar-refractivity contribution in [1.82, 2.24) is 14.5 Å². The molecule has 0 amide bonds. The summed E-state index contributed by atoms with van der Waals surface area (Å²) in [6.07, 6.45) is 2.56. The average molecular weight is 383 g/mol. The first-order valence-electron chi connectivity index (χ1n) is 10.1. The highest BCUT2D eigenvalue weighted by molar-refractivity contribution is 5.85. The zero-order valence-electron chi connectivity index (χ0n) is 16.3. The summed E-state index contributed by atoms with van der Waals surface area (Å²) < 4.78 is 1.30. The molecule has 1 aliphatic rings. The van der Waals surface area contributed by atoms with Crippen LogP contribution >= 0.6 is 0 Å². The lowest BCUT2D eigenvalue weighted by Gasteiger charge is -2.32. The van der Waals surface area contributed by atoms with Gasteiger partial charge in [0.25, 0.3) is 5.56 Å². The molecular weight excluding hydrogens is 356 g/mol. The zero-order valence-corrected chi connectivity index (χ0v) is 16.3. The first kappa shape index (κ1) is 18.6. The first-order chi connectivity index (χ1) is 13.6. The summed E-state index contributed by atoms with van der Waals surface area (Å²) in [7, 11) is 0. The van der Waals surface area contributed by atoms with Crippen LogP contribution in [0.15, 0.2) is 33.9 Å². The number of fused-ring (bicyclic) bond motifs is 3. The fourth-order valence-corrected chi connectivity index (χ4v) is 4.46. The maximum absolute atomic E-state index is 12.8. The second-order valence-electron chi connectivity index (χ2n) is 7.51. The molecule has 0 aliphatic carbocycles. The lowest BCUT2D eigenvalue weighted by molar-refractivity contribution is -0.926. The molecule has 1 aliphatic heterocycles. The van der Waals surface area contributed by atoms with Crippen LogP contribution in [0.4, 0.5) is 0 Å². The number of aromatic nitrogens is 3. The molecule has 3 aromatic rings. The second-order valence-corrected chi connectivity index (χ2v) is 7.51. The van der Waals surface area contributed by atoms with Gasteiger partial charge in [0.1, 0.15) is 5.56 Å². The molecule has 148 valence electrons. The Bertz CT molecular complexity index is 1120. The first-order valence-corrected chi connectivity index (χ1v) is 10.1. The summed E-state index contributed by atoms with van der Waals surface area (Å²) in [5.74, 6) is -0.204. The van der Waals surface area contributed by atoms with E-state index in [1.807, 2.05) is 25.1 Å². The number of rotatable bonds is 5. The minimum atomic E-state index is -0.551. The highest BCUT2D eigenvalue weighted by Gasteiger charge is 2.38. The average Bonchev–Trinajstić information content (AvgIpc) is 3.06. The second kappa shape index (κ2) is 7.31. The van der Waals surface area contributed by atoms with E-state index in [1.165, 1.54) is 15.0 Å². The number of unbranched alkanes of at least 4 members (excludes halogenated alkanes) is 1. The van der Waals surface area contributed by atoms with Crippen LogP contribution in [0.3, 0.4) is 0 Å². The van der Waals surface area contributed by atoms with Crippen LogP contribution in [0.25, 0.3) is 10.9 Å². The molecule has 4 rings (SSSR count). The van der Waals surface area contributed by atoms with E-state index in [0.29, 0.717) is 6.54 Å². The van der Waals surface area contributed by atoms with Crippen molar-refractivity contribution in [3.05, 3.63) is 61.9 Å². The number of aromatic amines is 2. The van der Waals surface area contributed by atoms with E-state index in [1.54, 1.807) is 0 Å². The van der Waals surface area contributed by atoms with Crippen LogP contribution in [-0.4, -0.2) is 32.7 Å². The minimum absolute atomic E-state index is 0.204. The number of para-hydroxylation sites is 1. The standard InChI is InChI=1S/C21H26N4O3/c1-3-5-11-25-20(27)16(19(26)23-21(25)28)18-17-14(10-12-24(18)4-2)13-8-6-7-9-15(13)22-17/h6-9,18,22,27H,3-5,10-12H2,1-2H3,(H,23,26,28)/p+1/t18-/m1/s1. The molecule has 7 heteroatoms. The number of H-pyrrole nitrogens is 2. The van der Waals surface area contributed by atoms with Crippen LogP contribution in [0.2, 0.25) is 0 Å². The van der Waals surface area contributed by atoms with Gasteiger partial charge in [-0.15, -0.1) is 0 Å². The third kappa shape index (κ3) is 2.86. The van der Waals surface area contributed by atoms with Gasteiger partial charge in [-0.05, 0) is 25.0 Å². The van der Waals surface area contributed by atoms with E-state index in [4.69, 9.17) is 0 Å². The molecular formula is C21H27N4O3+. The third-order valence-electron chi connectivity index (χ3n) is 5.92. The molecule has 1 unspecified atom stereocenters. The quantitative estimate of drug-likeness (QED) is 0.531. The predicted molar refractivity (Wildman–Crippen MR) is 108 cm³/mol. The highest BCUT2D eigenvalue weighted by atomic mass is 16.3. The maximum Gasteiger partial charge on any atom is 0.331 e. The van der Waals surface area contributed by atoms with Gasteiger partial charge in [-0.1, -0.05) is 31.5 Å². The Morgan fingerprint density at radius 3 is 2.75 bits per heavy atom. The van der Waals surface area contributed by atoms with Crippen LogP contribution in [-0.2, 0) is 13.0 Å². The molecule has 0 saturated carbocycles. The van der Waals surface area contributed by atoms with Crippen molar-refractivity contribution < 1.29 is 10.0 Å². The van der Waals surface area contributed by atoms with Crippen molar-refractivity contribution >= 4 is 10.9 Å². The number of nitrogens with zero attached hydrogens (tertiary/aromatic N) is 1. The summed E-state index contributed by atoms with van der Waals surface area (Å²) in [6, 6.07) is 7.78. The summed E-state index contributed by atoms with van der Waals surface area (Å²) in [5.41, 5.74) is 2.42. The topological polar surface area (TPSA) is 95.3 Å². The predicted octanol–water partition coefficient (Wildman–Crippen LogP) is 1.07. The lowest BCUT2D eigenvalue weighted by atomic mass is 9.93. The molecule has 0 bridgehead atoms. The van der Waals surface area contributed by atoms with Crippen LogP contribution in [0.1, 0.15) is 49.6 Å². The molecule has 0 spiro atoms. The van der Waals surface area contributed by atoms with Gasteiger partial charge in [0.2, 0.25) is 5.88 Å². The Kier molecular flexibility index (Phi) is 4.85. The monoisotopic (exact) mass is 383 g/mol. The van der Waals surface area contributed by atoms with Gasteiger partial charge < -0.3 is 15.0 Å². The van der Waals surface area contributed by atoms with Gasteiger partial charge in [0.05, 0.1) is 18.8 Å². The maximum atomic E-state index is 12.8. The smallest absolute Gasteiger partial charge is 0.331 e. The van der Waals surface area contributed by atoms with E-state index in [0.717, 1.165) is 48.9 Å². The summed E-state index contributed by atoms with van der Waals surface area (Å²) in [5, 5.41) is 12.1. The van der Waals surface area contributed by atoms with Crippen molar-refractivity contribution in [2.75, 3.05) is 13.1 Å². The largest absolute Gasteiger partial charge is 0.494 e. The van der Waals surface area contributed by atoms with Gasteiger partial charge in [0.15, 0.2) is 6.04 Å². The Morgan fingerprint density at radius 1 is 1.21 bits per heavy atom. The summed E-state index contributed by atoms with van der Waals surface area (Å²) in [4.78, 5) is 32.2. The number of nitrogens with one attached hydrogen (secondary N) is 3. The van der Waals surface area contributed by atoms with Crippen LogP contribution < -0.4 is 16.1 Å². The molecule has 3 heterocycles. The molecule has 1 aromatic carbocycles. The van der Waals surface area contributed by atoms with Crippen LogP contribution in [0.5, 0.6) is 5.88 Å². The van der Waals surface area contributed by atoms with Gasteiger partial charge in [-0.25, -0.2) is 4.79 Å². The fraction of sp³-hybridized carbons (Fsp3) is 0.429. The van der Waals surface area contributed by atoms with E-state index in [9.17, 15) is 14.7 Å². The Morgan fingerprint density at radius 2 is 2.00 bits per heavy atom. The van der Waals surface area contributed by atoms with E-state index in [2.05, 4.69) is 23.0 Å². The number of aromatic hydroxyl groups is 1. The molecule has 4 N–H and O–H groups in total. The number of hydrogen-bond donors (Lipinski definition) is 4. The van der Waals surface area contributed by atoms with Gasteiger partial charge in [0, 0.05) is 23.9 Å². The van der Waals surface area contributed by atoms with Crippen molar-refractivity contribution in [3.63, 3.8) is 0 Å². The lowest BCUT2D eigenvalue weighted by Crippen LogP contribution is -3.13. The Hall–Kier alpha value is -2.80. The van der Waals surface area contributed by atoms with Crippen molar-refractivity contribution in [3.8, 4) is 5.88 Å². The Balaban J connectivity index is 1.95. The van der Waals surface area contributed by atoms with Crippen molar-refractivity contribution in [2.24, 2.45) is 0 Å². The minimum Gasteiger partial charge on any atom is -0.494 e. The molecule has 2 aromatic heterocycles.